The minimum Gasteiger partial charge on any atom is -0.0622 e. The van der Waals surface area contributed by atoms with Crippen molar-refractivity contribution in [3.8, 4) is 45.9 Å². The fraction of sp³-hybridized carbons (Fsp3) is 0. The molecule has 0 saturated carbocycles. The molecule has 0 amide bonds. The van der Waals surface area contributed by atoms with Crippen molar-refractivity contribution in [1.29, 1.82) is 0 Å². The second kappa shape index (κ2) is 10.2. The fourth-order valence-electron chi connectivity index (χ4n) is 3.92. The van der Waals surface area contributed by atoms with E-state index in [-0.39, 0.29) is 0 Å². The number of rotatable bonds is 2. The topological polar surface area (TPSA) is 0 Å². The third-order valence-corrected chi connectivity index (χ3v) is 5.59. The van der Waals surface area contributed by atoms with Crippen LogP contribution in [-0.4, -0.2) is 0 Å². The lowest BCUT2D eigenvalue weighted by Gasteiger charge is -2.13. The molecule has 0 unspecified atom stereocenters. The van der Waals surface area contributed by atoms with E-state index >= 15 is 0 Å². The molecule has 0 nitrogen and oxygen atoms in total. The Morgan fingerprint density at radius 3 is 1.47 bits per heavy atom. The molecule has 0 aliphatic heterocycles. The predicted molar refractivity (Wildman–Crippen MR) is 142 cm³/mol. The highest BCUT2D eigenvalue weighted by Gasteiger charge is 2.12. The molecule has 5 rings (SSSR count). The zero-order valence-corrected chi connectivity index (χ0v) is 18.7. The van der Waals surface area contributed by atoms with E-state index in [1.807, 2.05) is 66.7 Å². The van der Waals surface area contributed by atoms with Crippen molar-refractivity contribution >= 4 is 0 Å². The molecular weight excluding hydrogens is 408 g/mol. The minimum absolute atomic E-state index is 0.924. The lowest BCUT2D eigenvalue weighted by atomic mass is 9.90. The highest BCUT2D eigenvalue weighted by atomic mass is 14.1. The average Bonchev–Trinajstić information content (AvgIpc) is 2.92. The smallest absolute Gasteiger partial charge is 0.0484 e. The Morgan fingerprint density at radius 1 is 0.324 bits per heavy atom. The van der Waals surface area contributed by atoms with Gasteiger partial charge in [0.15, 0.2) is 0 Å². The first kappa shape index (κ1) is 21.1. The molecule has 5 aromatic carbocycles. The van der Waals surface area contributed by atoms with Crippen LogP contribution in [0.4, 0.5) is 0 Å². The first-order valence-electron chi connectivity index (χ1n) is 11.3. The maximum Gasteiger partial charge on any atom is 0.0484 e. The minimum atomic E-state index is 0.924. The summed E-state index contributed by atoms with van der Waals surface area (Å²) in [5.41, 5.74) is 8.43. The molecule has 0 heterocycles. The van der Waals surface area contributed by atoms with Gasteiger partial charge in [0.2, 0.25) is 0 Å². The molecule has 158 valence electrons. The van der Waals surface area contributed by atoms with E-state index in [0.29, 0.717) is 0 Å². The van der Waals surface area contributed by atoms with Crippen LogP contribution < -0.4 is 0 Å². The van der Waals surface area contributed by atoms with E-state index < -0.39 is 0 Å². The maximum absolute atomic E-state index is 3.46. The Balaban J connectivity index is 1.70. The number of hydrogen-bond donors (Lipinski definition) is 0. The Kier molecular flexibility index (Phi) is 6.34. The van der Waals surface area contributed by atoms with Gasteiger partial charge < -0.3 is 0 Å². The average molecular weight is 431 g/mol. The molecule has 0 bridgehead atoms. The monoisotopic (exact) mass is 430 g/mol. The van der Waals surface area contributed by atoms with Gasteiger partial charge in [-0.2, -0.15) is 0 Å². The third kappa shape index (κ3) is 4.83. The molecule has 5 aromatic rings. The van der Waals surface area contributed by atoms with Crippen LogP contribution in [-0.2, 0) is 0 Å². The van der Waals surface area contributed by atoms with Crippen LogP contribution in [0.25, 0.3) is 22.3 Å². The Hall–Kier alpha value is -4.78. The zero-order chi connectivity index (χ0) is 23.0. The summed E-state index contributed by atoms with van der Waals surface area (Å²) in [7, 11) is 0. The largest absolute Gasteiger partial charge is 0.0622 e. The van der Waals surface area contributed by atoms with Crippen LogP contribution in [0.5, 0.6) is 0 Å². The van der Waals surface area contributed by atoms with Crippen molar-refractivity contribution in [1.82, 2.24) is 0 Å². The molecule has 0 radical (unpaired) electrons. The molecule has 0 aromatic heterocycles. The summed E-state index contributed by atoms with van der Waals surface area (Å²) < 4.78 is 0. The normalized spacial score (nSPS) is 9.88. The van der Waals surface area contributed by atoms with Crippen LogP contribution in [0.3, 0.4) is 0 Å². The molecule has 34 heavy (non-hydrogen) atoms. The van der Waals surface area contributed by atoms with Gasteiger partial charge in [-0.3, -0.25) is 0 Å². The summed E-state index contributed by atoms with van der Waals surface area (Å²) in [5, 5.41) is 0. The molecule has 0 fully saturated rings. The van der Waals surface area contributed by atoms with Crippen LogP contribution in [0, 0.1) is 23.7 Å². The molecule has 0 aliphatic carbocycles. The van der Waals surface area contributed by atoms with Crippen LogP contribution in [0.15, 0.2) is 133 Å². The van der Waals surface area contributed by atoms with Crippen molar-refractivity contribution in [3.63, 3.8) is 0 Å². The predicted octanol–water partition coefficient (Wildman–Crippen LogP) is 7.82. The third-order valence-electron chi connectivity index (χ3n) is 5.59. The van der Waals surface area contributed by atoms with E-state index in [9.17, 15) is 0 Å². The van der Waals surface area contributed by atoms with Gasteiger partial charge in [0.25, 0.3) is 0 Å². The van der Waals surface area contributed by atoms with Crippen molar-refractivity contribution < 1.29 is 0 Å². The quantitative estimate of drug-likeness (QED) is 0.250. The Labute approximate surface area is 201 Å². The SMILES string of the molecule is C(#Cc1cccc(-c2ccccc2-c2ccccc2)c1C#Cc1ccccc1)c1ccccc1. The van der Waals surface area contributed by atoms with Gasteiger partial charge in [0.05, 0.1) is 0 Å². The summed E-state index contributed by atoms with van der Waals surface area (Å²) in [4.78, 5) is 0. The second-order valence-electron chi connectivity index (χ2n) is 7.87. The molecular formula is C34H22. The number of hydrogen-bond acceptors (Lipinski definition) is 0. The second-order valence-corrected chi connectivity index (χ2v) is 7.87. The lowest BCUT2D eigenvalue weighted by Crippen LogP contribution is -1.93. The van der Waals surface area contributed by atoms with E-state index in [4.69, 9.17) is 0 Å². The van der Waals surface area contributed by atoms with Gasteiger partial charge >= 0.3 is 0 Å². The van der Waals surface area contributed by atoms with Crippen LogP contribution in [0.1, 0.15) is 22.3 Å². The van der Waals surface area contributed by atoms with Gasteiger partial charge in [-0.1, -0.05) is 127 Å². The maximum atomic E-state index is 3.46. The van der Waals surface area contributed by atoms with Crippen molar-refractivity contribution in [2.45, 2.75) is 0 Å². The van der Waals surface area contributed by atoms with Gasteiger partial charge in [0.1, 0.15) is 0 Å². The molecule has 0 N–H and O–H groups in total. The van der Waals surface area contributed by atoms with Gasteiger partial charge in [-0.15, -0.1) is 0 Å². The van der Waals surface area contributed by atoms with Gasteiger partial charge in [-0.25, -0.2) is 0 Å². The summed E-state index contributed by atoms with van der Waals surface area (Å²) >= 11 is 0. The standard InChI is InChI=1S/C34H22/c1-4-13-27(14-5-1)23-25-30-19-12-22-34(32(30)26-24-28-15-6-2-7-16-28)33-21-11-10-20-31(33)29-17-8-3-9-18-29/h1-22H. The summed E-state index contributed by atoms with van der Waals surface area (Å²) in [6, 6.07) is 45.4. The van der Waals surface area contributed by atoms with Crippen LogP contribution in [0.2, 0.25) is 0 Å². The Bertz CT molecular complexity index is 1520. The van der Waals surface area contributed by atoms with Crippen molar-refractivity contribution in [3.05, 3.63) is 156 Å². The highest BCUT2D eigenvalue weighted by Crippen LogP contribution is 2.34. The van der Waals surface area contributed by atoms with E-state index in [1.165, 1.54) is 11.1 Å². The molecule has 0 saturated heterocycles. The summed E-state index contributed by atoms with van der Waals surface area (Å²) in [6.07, 6.45) is 0. The first-order chi connectivity index (χ1) is 16.9. The molecule has 0 atom stereocenters. The van der Waals surface area contributed by atoms with E-state index in [0.717, 1.165) is 33.4 Å². The van der Waals surface area contributed by atoms with Gasteiger partial charge in [0, 0.05) is 22.3 Å². The molecule has 0 heteroatoms. The van der Waals surface area contributed by atoms with E-state index in [1.54, 1.807) is 0 Å². The Morgan fingerprint density at radius 2 is 0.824 bits per heavy atom. The fourth-order valence-corrected chi connectivity index (χ4v) is 3.92. The number of benzene rings is 5. The molecule has 0 spiro atoms. The summed E-state index contributed by atoms with van der Waals surface area (Å²) in [5.74, 6) is 13.5. The van der Waals surface area contributed by atoms with Crippen LogP contribution >= 0.6 is 0 Å². The zero-order valence-electron chi connectivity index (χ0n) is 18.7. The summed E-state index contributed by atoms with van der Waals surface area (Å²) in [6.45, 7) is 0. The highest BCUT2D eigenvalue weighted by molar-refractivity contribution is 5.87. The van der Waals surface area contributed by atoms with Crippen molar-refractivity contribution in [2.24, 2.45) is 0 Å². The van der Waals surface area contributed by atoms with Gasteiger partial charge in [-0.05, 0) is 52.6 Å². The first-order valence-corrected chi connectivity index (χ1v) is 11.3. The van der Waals surface area contributed by atoms with E-state index in [2.05, 4.69) is 90.4 Å². The van der Waals surface area contributed by atoms with Crippen molar-refractivity contribution in [2.75, 3.05) is 0 Å². The lowest BCUT2D eigenvalue weighted by molar-refractivity contribution is 1.53. The molecule has 0 aliphatic rings.